The maximum atomic E-state index is 5.89. The number of nitrogens with one attached hydrogen (secondary N) is 1. The summed E-state index contributed by atoms with van der Waals surface area (Å²) in [6, 6.07) is 8.00. The minimum atomic E-state index is 0.531. The zero-order chi connectivity index (χ0) is 15.2. The minimum Gasteiger partial charge on any atom is -0.492 e. The Morgan fingerprint density at radius 1 is 1.24 bits per heavy atom. The molecule has 0 amide bonds. The van der Waals surface area contributed by atoms with Crippen LogP contribution in [-0.4, -0.2) is 23.1 Å². The zero-order valence-corrected chi connectivity index (χ0v) is 12.8. The van der Waals surface area contributed by atoms with Gasteiger partial charge in [-0.05, 0) is 31.5 Å². The quantitative estimate of drug-likeness (QED) is 0.799. The summed E-state index contributed by atoms with van der Waals surface area (Å²) in [6.45, 7) is 7.19. The van der Waals surface area contributed by atoms with Crippen LogP contribution in [0.1, 0.15) is 23.9 Å². The number of nitrogens with two attached hydrogens (primary N) is 1. The second kappa shape index (κ2) is 6.92. The van der Waals surface area contributed by atoms with Crippen molar-refractivity contribution in [3.05, 3.63) is 41.2 Å². The first kappa shape index (κ1) is 15.1. The molecule has 1 heterocycles. The Hall–Kier alpha value is -2.30. The van der Waals surface area contributed by atoms with Crippen LogP contribution < -0.4 is 15.8 Å². The molecule has 3 N–H and O–H groups in total. The fourth-order valence-electron chi connectivity index (χ4n) is 1.96. The number of benzene rings is 1. The van der Waals surface area contributed by atoms with Crippen molar-refractivity contribution < 1.29 is 4.74 Å². The summed E-state index contributed by atoms with van der Waals surface area (Å²) >= 11 is 0. The number of aryl methyl sites for hydroxylation is 2. The molecular weight excluding hydrogens is 264 g/mol. The van der Waals surface area contributed by atoms with E-state index in [1.54, 1.807) is 0 Å². The maximum absolute atomic E-state index is 5.89. The van der Waals surface area contributed by atoms with Crippen LogP contribution in [0.3, 0.4) is 0 Å². The molecule has 0 bridgehead atoms. The highest BCUT2D eigenvalue weighted by Crippen LogP contribution is 2.17. The lowest BCUT2D eigenvalue weighted by atomic mass is 10.2. The van der Waals surface area contributed by atoms with E-state index in [0.717, 1.165) is 29.4 Å². The molecule has 0 aliphatic rings. The van der Waals surface area contributed by atoms with Crippen molar-refractivity contribution in [2.75, 3.05) is 24.2 Å². The van der Waals surface area contributed by atoms with Gasteiger partial charge in [0.05, 0.1) is 6.54 Å². The van der Waals surface area contributed by atoms with Gasteiger partial charge in [0, 0.05) is 12.0 Å². The summed E-state index contributed by atoms with van der Waals surface area (Å²) in [4.78, 5) is 8.69. The van der Waals surface area contributed by atoms with Crippen LogP contribution in [-0.2, 0) is 6.42 Å². The highest BCUT2D eigenvalue weighted by molar-refractivity contribution is 5.54. The van der Waals surface area contributed by atoms with Crippen molar-refractivity contribution in [3.63, 3.8) is 0 Å². The average Bonchev–Trinajstić information content (AvgIpc) is 2.47. The predicted molar refractivity (Wildman–Crippen MR) is 85.7 cm³/mol. The van der Waals surface area contributed by atoms with Gasteiger partial charge < -0.3 is 15.8 Å². The van der Waals surface area contributed by atoms with Crippen molar-refractivity contribution in [3.8, 4) is 5.75 Å². The highest BCUT2D eigenvalue weighted by Gasteiger charge is 2.07. The fourth-order valence-corrected chi connectivity index (χ4v) is 1.96. The Morgan fingerprint density at radius 2 is 2.05 bits per heavy atom. The van der Waals surface area contributed by atoms with Gasteiger partial charge in [-0.25, -0.2) is 9.97 Å². The average molecular weight is 286 g/mol. The molecule has 0 unspecified atom stereocenters. The number of rotatable bonds is 6. The first-order valence-electron chi connectivity index (χ1n) is 7.16. The number of anilines is 2. The zero-order valence-electron chi connectivity index (χ0n) is 12.8. The number of ether oxygens (including phenoxy) is 1. The van der Waals surface area contributed by atoms with Crippen molar-refractivity contribution >= 4 is 11.6 Å². The molecular formula is C16H22N4O. The van der Waals surface area contributed by atoms with E-state index in [9.17, 15) is 0 Å². The first-order valence-corrected chi connectivity index (χ1v) is 7.16. The van der Waals surface area contributed by atoms with Crippen LogP contribution in [0.2, 0.25) is 0 Å². The van der Waals surface area contributed by atoms with Gasteiger partial charge in [0.1, 0.15) is 29.8 Å². The molecule has 0 radical (unpaired) electrons. The lowest BCUT2D eigenvalue weighted by Gasteiger charge is -2.12. The van der Waals surface area contributed by atoms with E-state index >= 15 is 0 Å². The van der Waals surface area contributed by atoms with E-state index in [1.807, 2.05) is 45.0 Å². The molecule has 0 aliphatic carbocycles. The van der Waals surface area contributed by atoms with Gasteiger partial charge in [-0.15, -0.1) is 0 Å². The molecule has 1 aromatic carbocycles. The van der Waals surface area contributed by atoms with Gasteiger partial charge >= 0.3 is 0 Å². The molecule has 1 aromatic heterocycles. The molecule has 5 nitrogen and oxygen atoms in total. The molecule has 0 spiro atoms. The minimum absolute atomic E-state index is 0.531. The summed E-state index contributed by atoms with van der Waals surface area (Å²) in [5, 5.41) is 3.26. The predicted octanol–water partition coefficient (Wildman–Crippen LogP) is 2.73. The normalized spacial score (nSPS) is 10.4. The van der Waals surface area contributed by atoms with Gasteiger partial charge in [0.25, 0.3) is 0 Å². The van der Waals surface area contributed by atoms with E-state index in [2.05, 4.69) is 15.3 Å². The Balaban J connectivity index is 1.90. The number of nitrogens with zero attached hydrogens (tertiary/aromatic N) is 2. The summed E-state index contributed by atoms with van der Waals surface area (Å²) in [7, 11) is 0. The van der Waals surface area contributed by atoms with Crippen molar-refractivity contribution in [1.29, 1.82) is 0 Å². The lowest BCUT2D eigenvalue weighted by Crippen LogP contribution is -2.15. The van der Waals surface area contributed by atoms with Crippen LogP contribution in [0, 0.1) is 13.8 Å². The first-order chi connectivity index (χ1) is 10.1. The monoisotopic (exact) mass is 286 g/mol. The number of hydrogen-bond donors (Lipinski definition) is 2. The standard InChI is InChI=1S/C16H22N4O/c1-4-14-19-15(17)12(3)16(20-14)18-8-9-21-13-7-5-6-11(2)10-13/h5-7,10H,4,8-9H2,1-3H3,(H3,17,18,19,20). The highest BCUT2D eigenvalue weighted by atomic mass is 16.5. The number of hydrogen-bond acceptors (Lipinski definition) is 5. The van der Waals surface area contributed by atoms with Gasteiger partial charge in [0.15, 0.2) is 0 Å². The van der Waals surface area contributed by atoms with Crippen molar-refractivity contribution in [1.82, 2.24) is 9.97 Å². The largest absolute Gasteiger partial charge is 0.492 e. The second-order valence-corrected chi connectivity index (χ2v) is 4.94. The van der Waals surface area contributed by atoms with Gasteiger partial charge in [-0.3, -0.25) is 0 Å². The van der Waals surface area contributed by atoms with Crippen molar-refractivity contribution in [2.24, 2.45) is 0 Å². The Bertz CT molecular complexity index is 613. The van der Waals surface area contributed by atoms with Crippen molar-refractivity contribution in [2.45, 2.75) is 27.2 Å². The van der Waals surface area contributed by atoms with Crippen LogP contribution in [0.4, 0.5) is 11.6 Å². The van der Waals surface area contributed by atoms with E-state index in [1.165, 1.54) is 5.56 Å². The SMILES string of the molecule is CCc1nc(N)c(C)c(NCCOc2cccc(C)c2)n1. The lowest BCUT2D eigenvalue weighted by molar-refractivity contribution is 0.332. The topological polar surface area (TPSA) is 73.1 Å². The summed E-state index contributed by atoms with van der Waals surface area (Å²) in [5.41, 5.74) is 7.95. The van der Waals surface area contributed by atoms with Crippen LogP contribution >= 0.6 is 0 Å². The molecule has 5 heteroatoms. The van der Waals surface area contributed by atoms with Gasteiger partial charge in [-0.2, -0.15) is 0 Å². The molecule has 21 heavy (non-hydrogen) atoms. The summed E-state index contributed by atoms with van der Waals surface area (Å²) < 4.78 is 5.70. The number of aromatic nitrogens is 2. The molecule has 2 aromatic rings. The third kappa shape index (κ3) is 4.08. The number of nitrogen functional groups attached to an aromatic ring is 1. The van der Waals surface area contributed by atoms with E-state index in [0.29, 0.717) is 19.0 Å². The smallest absolute Gasteiger partial charge is 0.134 e. The Kier molecular flexibility index (Phi) is 4.98. The molecule has 0 saturated carbocycles. The maximum Gasteiger partial charge on any atom is 0.134 e. The fraction of sp³-hybridized carbons (Fsp3) is 0.375. The summed E-state index contributed by atoms with van der Waals surface area (Å²) in [5.74, 6) is 2.95. The molecule has 112 valence electrons. The summed E-state index contributed by atoms with van der Waals surface area (Å²) in [6.07, 6.45) is 0.763. The van der Waals surface area contributed by atoms with Crippen LogP contribution in [0.5, 0.6) is 5.75 Å². The third-order valence-corrected chi connectivity index (χ3v) is 3.20. The molecule has 2 rings (SSSR count). The van der Waals surface area contributed by atoms with Gasteiger partial charge in [0.2, 0.25) is 0 Å². The van der Waals surface area contributed by atoms with E-state index in [4.69, 9.17) is 10.5 Å². The third-order valence-electron chi connectivity index (χ3n) is 3.20. The Labute approximate surface area is 125 Å². The molecule has 0 fully saturated rings. The molecule has 0 atom stereocenters. The van der Waals surface area contributed by atoms with E-state index in [-0.39, 0.29) is 0 Å². The van der Waals surface area contributed by atoms with Gasteiger partial charge in [-0.1, -0.05) is 19.1 Å². The molecule has 0 saturated heterocycles. The van der Waals surface area contributed by atoms with Crippen LogP contribution in [0.25, 0.3) is 0 Å². The van der Waals surface area contributed by atoms with E-state index < -0.39 is 0 Å². The van der Waals surface area contributed by atoms with Crippen LogP contribution in [0.15, 0.2) is 24.3 Å². The second-order valence-electron chi connectivity index (χ2n) is 4.94. The molecule has 0 aliphatic heterocycles. The Morgan fingerprint density at radius 3 is 2.76 bits per heavy atom.